The Bertz CT molecular complexity index is 102. The lowest BCUT2D eigenvalue weighted by molar-refractivity contribution is -0.139. The van der Waals surface area contributed by atoms with Crippen LogP contribution in [0.3, 0.4) is 0 Å². The Kier molecular flexibility index (Phi) is 2.43. The number of hydrogen-bond donors (Lipinski definition) is 2. The van der Waals surface area contributed by atoms with Crippen LogP contribution in [0.1, 0.15) is 13.3 Å². The number of rotatable bonds is 2. The monoisotopic (exact) mass is 181 g/mol. The first-order chi connectivity index (χ1) is 3.50. The molecule has 0 bridgehead atoms. The third-order valence-electron chi connectivity index (χ3n) is 0.870. The molecule has 0 aliphatic carbocycles. The van der Waals surface area contributed by atoms with Gasteiger partial charge < -0.3 is 10.8 Å². The van der Waals surface area contributed by atoms with Gasteiger partial charge in [-0.2, -0.15) is 0 Å². The van der Waals surface area contributed by atoms with Gasteiger partial charge in [0.2, 0.25) is 0 Å². The lowest BCUT2D eigenvalue weighted by Crippen LogP contribution is -2.40. The Morgan fingerprint density at radius 1 is 2.00 bits per heavy atom. The van der Waals surface area contributed by atoms with E-state index in [4.69, 9.17) is 10.8 Å². The predicted octanol–water partition coefficient (Wildman–Crippen LogP) is 0.531. The zero-order valence-corrected chi connectivity index (χ0v) is 6.10. The van der Waals surface area contributed by atoms with Crippen LogP contribution in [0.15, 0.2) is 0 Å². The minimum atomic E-state index is -1.23. The van der Waals surface area contributed by atoms with Crippen LogP contribution in [0, 0.1) is 0 Å². The largest absolute Gasteiger partial charge is 0.479 e. The summed E-state index contributed by atoms with van der Waals surface area (Å²) in [7, 11) is 0. The normalized spacial score (nSPS) is 17.4. The van der Waals surface area contributed by atoms with Crippen LogP contribution in [-0.2, 0) is 4.79 Å². The Balaban J connectivity index is 3.91. The van der Waals surface area contributed by atoms with Gasteiger partial charge in [-0.3, -0.25) is 0 Å². The summed E-state index contributed by atoms with van der Waals surface area (Å²) in [5.41, 5.74) is 5.18. The molecule has 0 unspecified atom stereocenters. The summed E-state index contributed by atoms with van der Waals surface area (Å²) < 4.78 is -1.23. The highest BCUT2D eigenvalue weighted by Crippen LogP contribution is 2.13. The number of carbonyl (C=O) groups is 1. The summed E-state index contributed by atoms with van der Waals surface area (Å²) in [5, 5.41) is 8.27. The van der Waals surface area contributed by atoms with E-state index in [1.54, 1.807) is 6.92 Å². The highest BCUT2D eigenvalue weighted by Gasteiger charge is 2.27. The van der Waals surface area contributed by atoms with E-state index >= 15 is 0 Å². The molecule has 0 aromatic carbocycles. The Hall–Kier alpha value is -0.0900. The molecule has 0 radical (unpaired) electrons. The first-order valence-corrected chi connectivity index (χ1v) is 3.01. The zero-order chi connectivity index (χ0) is 6.78. The lowest BCUT2D eigenvalue weighted by Gasteiger charge is -2.12. The summed E-state index contributed by atoms with van der Waals surface area (Å²) in [6.07, 6.45) is 0.377. The summed E-state index contributed by atoms with van der Waals surface area (Å²) in [4.78, 5) is 10.1. The van der Waals surface area contributed by atoms with Crippen molar-refractivity contribution in [1.29, 1.82) is 0 Å². The highest BCUT2D eigenvalue weighted by atomic mass is 79.9. The minimum absolute atomic E-state index is 0.377. The minimum Gasteiger partial charge on any atom is -0.479 e. The summed E-state index contributed by atoms with van der Waals surface area (Å²) >= 11 is 2.82. The van der Waals surface area contributed by atoms with Crippen LogP contribution >= 0.6 is 15.9 Å². The van der Waals surface area contributed by atoms with Gasteiger partial charge in [0.15, 0.2) is 4.45 Å². The summed E-state index contributed by atoms with van der Waals surface area (Å²) in [6, 6.07) is 0. The van der Waals surface area contributed by atoms with E-state index in [9.17, 15) is 4.79 Å². The van der Waals surface area contributed by atoms with Crippen LogP contribution in [0.2, 0.25) is 0 Å². The first kappa shape index (κ1) is 7.91. The molecular formula is C4H8BrNO2. The number of carboxylic acids is 1. The molecular weight excluding hydrogens is 174 g/mol. The molecule has 0 heterocycles. The van der Waals surface area contributed by atoms with E-state index in [1.165, 1.54) is 0 Å². The second kappa shape index (κ2) is 2.46. The van der Waals surface area contributed by atoms with Gasteiger partial charge in [0.05, 0.1) is 0 Å². The number of aliphatic carboxylic acids is 1. The van der Waals surface area contributed by atoms with Gasteiger partial charge in [-0.05, 0) is 6.42 Å². The van der Waals surface area contributed by atoms with Crippen LogP contribution in [0.5, 0.6) is 0 Å². The summed E-state index contributed by atoms with van der Waals surface area (Å²) in [5.74, 6) is -1.03. The fourth-order valence-corrected chi connectivity index (χ4v) is 0.151. The van der Waals surface area contributed by atoms with E-state index in [0.29, 0.717) is 6.42 Å². The van der Waals surface area contributed by atoms with Gasteiger partial charge >= 0.3 is 5.97 Å². The van der Waals surface area contributed by atoms with Crippen LogP contribution in [0.4, 0.5) is 0 Å². The van der Waals surface area contributed by atoms with Crippen molar-refractivity contribution >= 4 is 21.9 Å². The fourth-order valence-electron chi connectivity index (χ4n) is 0.151. The Morgan fingerprint density at radius 2 is 2.38 bits per heavy atom. The van der Waals surface area contributed by atoms with Crippen molar-refractivity contribution in [3.63, 3.8) is 0 Å². The van der Waals surface area contributed by atoms with Gasteiger partial charge in [0.1, 0.15) is 0 Å². The van der Waals surface area contributed by atoms with Crippen LogP contribution < -0.4 is 5.73 Å². The molecule has 0 aliphatic rings. The van der Waals surface area contributed by atoms with E-state index in [0.717, 1.165) is 0 Å². The van der Waals surface area contributed by atoms with Crippen molar-refractivity contribution < 1.29 is 9.90 Å². The molecule has 0 rings (SSSR count). The Morgan fingerprint density at radius 3 is 2.38 bits per heavy atom. The SMILES string of the molecule is CC[C@@](N)(Br)C(=O)O. The molecule has 0 saturated carbocycles. The standard InChI is InChI=1S/C4H8BrNO2/c1-2-4(5,6)3(7)8/h2,6H2,1H3,(H,7,8)/t4-/m0/s1. The molecule has 0 fully saturated rings. The Labute approximate surface area is 56.0 Å². The maximum atomic E-state index is 10.1. The molecule has 0 aromatic heterocycles. The number of carboxylic acid groups (broad SMARTS) is 1. The third-order valence-corrected chi connectivity index (χ3v) is 1.77. The van der Waals surface area contributed by atoms with Crippen molar-refractivity contribution in [2.75, 3.05) is 0 Å². The van der Waals surface area contributed by atoms with E-state index in [1.807, 2.05) is 0 Å². The van der Waals surface area contributed by atoms with Crippen molar-refractivity contribution in [3.8, 4) is 0 Å². The quantitative estimate of drug-likeness (QED) is 0.483. The van der Waals surface area contributed by atoms with Crippen molar-refractivity contribution in [1.82, 2.24) is 0 Å². The lowest BCUT2D eigenvalue weighted by atomic mass is 10.2. The second-order valence-electron chi connectivity index (χ2n) is 1.52. The maximum absolute atomic E-state index is 10.1. The fraction of sp³-hybridized carbons (Fsp3) is 0.750. The average Bonchev–Trinajstić information content (AvgIpc) is 1.67. The third kappa shape index (κ3) is 1.79. The number of nitrogens with two attached hydrogens (primary N) is 1. The van der Waals surface area contributed by atoms with E-state index < -0.39 is 10.4 Å². The summed E-state index contributed by atoms with van der Waals surface area (Å²) in [6.45, 7) is 1.70. The molecule has 0 amide bonds. The molecule has 4 heteroatoms. The van der Waals surface area contributed by atoms with Crippen molar-refractivity contribution in [2.24, 2.45) is 5.73 Å². The molecule has 0 aliphatic heterocycles. The molecule has 48 valence electrons. The van der Waals surface area contributed by atoms with Gasteiger partial charge in [-0.25, -0.2) is 4.79 Å². The molecule has 3 nitrogen and oxygen atoms in total. The molecule has 0 saturated heterocycles. The maximum Gasteiger partial charge on any atom is 0.334 e. The average molecular weight is 182 g/mol. The zero-order valence-electron chi connectivity index (χ0n) is 4.52. The topological polar surface area (TPSA) is 63.3 Å². The molecule has 0 spiro atoms. The van der Waals surface area contributed by atoms with Crippen LogP contribution in [0.25, 0.3) is 0 Å². The number of alkyl halides is 1. The van der Waals surface area contributed by atoms with E-state index in [-0.39, 0.29) is 0 Å². The first-order valence-electron chi connectivity index (χ1n) is 2.22. The smallest absolute Gasteiger partial charge is 0.334 e. The number of halogens is 1. The van der Waals surface area contributed by atoms with Crippen LogP contribution in [-0.4, -0.2) is 15.5 Å². The van der Waals surface area contributed by atoms with Gasteiger partial charge in [-0.1, -0.05) is 22.9 Å². The predicted molar refractivity (Wildman–Crippen MR) is 33.8 cm³/mol. The molecule has 1 atom stereocenters. The molecule has 8 heavy (non-hydrogen) atoms. The molecule has 3 N–H and O–H groups in total. The number of hydrogen-bond acceptors (Lipinski definition) is 2. The van der Waals surface area contributed by atoms with Crippen molar-refractivity contribution in [2.45, 2.75) is 17.8 Å². The highest BCUT2D eigenvalue weighted by molar-refractivity contribution is 9.10. The second-order valence-corrected chi connectivity index (χ2v) is 2.94. The van der Waals surface area contributed by atoms with Gasteiger partial charge in [-0.15, -0.1) is 0 Å². The van der Waals surface area contributed by atoms with E-state index in [2.05, 4.69) is 15.9 Å². The van der Waals surface area contributed by atoms with Gasteiger partial charge in [0, 0.05) is 0 Å². The molecule has 0 aromatic rings. The van der Waals surface area contributed by atoms with Gasteiger partial charge in [0.25, 0.3) is 0 Å². The van der Waals surface area contributed by atoms with Crippen molar-refractivity contribution in [3.05, 3.63) is 0 Å².